The van der Waals surface area contributed by atoms with Crippen LogP contribution in [0.4, 0.5) is 0 Å². The maximum atomic E-state index is 9.33. The lowest BCUT2D eigenvalue weighted by molar-refractivity contribution is 0.294. The molecule has 56 valence electrons. The summed E-state index contributed by atoms with van der Waals surface area (Å²) in [5.41, 5.74) is 1.05. The van der Waals surface area contributed by atoms with Crippen molar-refractivity contribution in [1.29, 1.82) is 0 Å². The molecule has 1 aliphatic carbocycles. The molecule has 1 rings (SSSR count). The molecule has 1 aliphatic rings. The van der Waals surface area contributed by atoms with Gasteiger partial charge in [0, 0.05) is 5.92 Å². The molecule has 0 fully saturated rings. The van der Waals surface area contributed by atoms with Gasteiger partial charge >= 0.3 is 0 Å². The van der Waals surface area contributed by atoms with Gasteiger partial charge in [0.15, 0.2) is 0 Å². The Morgan fingerprint density at radius 3 is 2.50 bits per heavy atom. The summed E-state index contributed by atoms with van der Waals surface area (Å²) in [4.78, 5) is 0. The summed E-state index contributed by atoms with van der Waals surface area (Å²) in [6.07, 6.45) is 2.72. The van der Waals surface area contributed by atoms with Crippen molar-refractivity contribution in [3.05, 3.63) is 24.0 Å². The molecular weight excluding hydrogens is 124 g/mol. The first kappa shape index (κ1) is 7.39. The van der Waals surface area contributed by atoms with Gasteiger partial charge in [0.05, 0.1) is 5.76 Å². The van der Waals surface area contributed by atoms with E-state index >= 15 is 0 Å². The molecule has 0 aliphatic heterocycles. The van der Waals surface area contributed by atoms with E-state index in [0.29, 0.717) is 17.6 Å². The van der Waals surface area contributed by atoms with Crippen LogP contribution in [0, 0.1) is 11.8 Å². The highest BCUT2D eigenvalue weighted by Crippen LogP contribution is 2.32. The van der Waals surface area contributed by atoms with Crippen molar-refractivity contribution < 1.29 is 5.11 Å². The zero-order valence-electron chi connectivity index (χ0n) is 6.59. The maximum absolute atomic E-state index is 9.33. The number of aliphatic hydroxyl groups excluding tert-OH is 1. The summed E-state index contributed by atoms with van der Waals surface area (Å²) >= 11 is 0. The van der Waals surface area contributed by atoms with Gasteiger partial charge in [-0.3, -0.25) is 0 Å². The van der Waals surface area contributed by atoms with Crippen molar-refractivity contribution in [1.82, 2.24) is 0 Å². The van der Waals surface area contributed by atoms with Crippen molar-refractivity contribution in [2.24, 2.45) is 11.8 Å². The van der Waals surface area contributed by atoms with E-state index in [1.807, 2.05) is 0 Å². The molecule has 0 heterocycles. The SMILES string of the molecule is C=C1C=C(O)C(C(C)C)C1. The number of rotatable bonds is 1. The van der Waals surface area contributed by atoms with Crippen molar-refractivity contribution in [3.63, 3.8) is 0 Å². The highest BCUT2D eigenvalue weighted by molar-refractivity contribution is 5.27. The van der Waals surface area contributed by atoms with E-state index in [4.69, 9.17) is 0 Å². The molecule has 1 atom stereocenters. The minimum absolute atomic E-state index is 0.326. The molecule has 1 nitrogen and oxygen atoms in total. The number of hydrogen-bond acceptors (Lipinski definition) is 1. The Morgan fingerprint density at radius 1 is 1.70 bits per heavy atom. The topological polar surface area (TPSA) is 20.2 Å². The summed E-state index contributed by atoms with van der Waals surface area (Å²) < 4.78 is 0. The monoisotopic (exact) mass is 138 g/mol. The fraction of sp³-hybridized carbons (Fsp3) is 0.556. The van der Waals surface area contributed by atoms with Crippen molar-refractivity contribution in [3.8, 4) is 0 Å². The molecule has 0 radical (unpaired) electrons. The molecule has 0 aromatic rings. The van der Waals surface area contributed by atoms with Gasteiger partial charge in [-0.2, -0.15) is 0 Å². The minimum Gasteiger partial charge on any atom is -0.512 e. The van der Waals surface area contributed by atoms with Gasteiger partial charge in [-0.15, -0.1) is 0 Å². The molecule has 0 aromatic carbocycles. The van der Waals surface area contributed by atoms with Crippen LogP contribution in [0.15, 0.2) is 24.0 Å². The highest BCUT2D eigenvalue weighted by Gasteiger charge is 2.23. The summed E-state index contributed by atoms with van der Waals surface area (Å²) in [7, 11) is 0. The predicted molar refractivity (Wildman–Crippen MR) is 42.8 cm³/mol. The second-order valence-electron chi connectivity index (χ2n) is 3.28. The second-order valence-corrected chi connectivity index (χ2v) is 3.28. The molecule has 10 heavy (non-hydrogen) atoms. The lowest BCUT2D eigenvalue weighted by Gasteiger charge is -2.13. The van der Waals surface area contributed by atoms with Crippen molar-refractivity contribution >= 4 is 0 Å². The zero-order valence-corrected chi connectivity index (χ0v) is 6.59. The molecule has 0 saturated carbocycles. The quantitative estimate of drug-likeness (QED) is 0.590. The normalized spacial score (nSPS) is 25.7. The molecule has 0 aromatic heterocycles. The Bertz CT molecular complexity index is 177. The van der Waals surface area contributed by atoms with E-state index in [9.17, 15) is 5.11 Å². The number of aliphatic hydroxyl groups is 1. The van der Waals surface area contributed by atoms with E-state index < -0.39 is 0 Å². The van der Waals surface area contributed by atoms with Crippen LogP contribution < -0.4 is 0 Å². The van der Waals surface area contributed by atoms with E-state index in [1.54, 1.807) is 6.08 Å². The third-order valence-electron chi connectivity index (χ3n) is 2.02. The average molecular weight is 138 g/mol. The molecule has 0 saturated heterocycles. The number of hydrogen-bond donors (Lipinski definition) is 1. The standard InChI is InChI=1S/C9H14O/c1-6(2)8-4-7(3)5-9(8)10/h5-6,8,10H,3-4H2,1-2H3. The van der Waals surface area contributed by atoms with Crippen LogP contribution in [0.3, 0.4) is 0 Å². The second kappa shape index (κ2) is 2.49. The van der Waals surface area contributed by atoms with Gasteiger partial charge < -0.3 is 5.11 Å². The average Bonchev–Trinajstić information content (AvgIpc) is 2.10. The lowest BCUT2D eigenvalue weighted by Crippen LogP contribution is -2.06. The largest absolute Gasteiger partial charge is 0.512 e. The lowest BCUT2D eigenvalue weighted by atomic mass is 9.94. The van der Waals surface area contributed by atoms with Gasteiger partial charge in [-0.25, -0.2) is 0 Å². The fourth-order valence-corrected chi connectivity index (χ4v) is 1.34. The third kappa shape index (κ3) is 1.23. The van der Waals surface area contributed by atoms with Crippen molar-refractivity contribution in [2.75, 3.05) is 0 Å². The van der Waals surface area contributed by atoms with Crippen LogP contribution in [-0.2, 0) is 0 Å². The first-order valence-electron chi connectivity index (χ1n) is 3.69. The summed E-state index contributed by atoms with van der Waals surface area (Å²) in [6, 6.07) is 0. The Morgan fingerprint density at radius 2 is 2.30 bits per heavy atom. The molecule has 1 unspecified atom stereocenters. The van der Waals surface area contributed by atoms with E-state index in [0.717, 1.165) is 12.0 Å². The molecule has 1 heteroatoms. The van der Waals surface area contributed by atoms with Gasteiger partial charge in [0.25, 0.3) is 0 Å². The number of allylic oxidation sites excluding steroid dienone is 3. The van der Waals surface area contributed by atoms with Crippen LogP contribution in [0.2, 0.25) is 0 Å². The Kier molecular flexibility index (Phi) is 1.84. The Balaban J connectivity index is 2.68. The molecule has 0 spiro atoms. The highest BCUT2D eigenvalue weighted by atomic mass is 16.3. The molecular formula is C9H14O. The van der Waals surface area contributed by atoms with Gasteiger partial charge in [0.1, 0.15) is 0 Å². The molecule has 0 amide bonds. The summed E-state index contributed by atoms with van der Waals surface area (Å²) in [5.74, 6) is 1.36. The van der Waals surface area contributed by atoms with Crippen LogP contribution >= 0.6 is 0 Å². The minimum atomic E-state index is 0.326. The molecule has 1 N–H and O–H groups in total. The van der Waals surface area contributed by atoms with Crippen molar-refractivity contribution in [2.45, 2.75) is 20.3 Å². The third-order valence-corrected chi connectivity index (χ3v) is 2.02. The predicted octanol–water partition coefficient (Wildman–Crippen LogP) is 2.66. The Labute approximate surface area is 62.1 Å². The first-order valence-corrected chi connectivity index (χ1v) is 3.69. The summed E-state index contributed by atoms with van der Waals surface area (Å²) in [6.45, 7) is 8.04. The van der Waals surface area contributed by atoms with E-state index in [2.05, 4.69) is 20.4 Å². The van der Waals surface area contributed by atoms with Crippen LogP contribution in [-0.4, -0.2) is 5.11 Å². The van der Waals surface area contributed by atoms with Gasteiger partial charge in [-0.1, -0.05) is 26.0 Å². The Hall–Kier alpha value is -0.720. The van der Waals surface area contributed by atoms with Crippen LogP contribution in [0.1, 0.15) is 20.3 Å². The van der Waals surface area contributed by atoms with Gasteiger partial charge in [0.2, 0.25) is 0 Å². The first-order chi connectivity index (χ1) is 4.61. The van der Waals surface area contributed by atoms with E-state index in [-0.39, 0.29) is 0 Å². The molecule has 0 bridgehead atoms. The fourth-order valence-electron chi connectivity index (χ4n) is 1.34. The van der Waals surface area contributed by atoms with Gasteiger partial charge in [-0.05, 0) is 18.4 Å². The maximum Gasteiger partial charge on any atom is 0.0961 e. The van der Waals surface area contributed by atoms with Crippen LogP contribution in [0.5, 0.6) is 0 Å². The zero-order chi connectivity index (χ0) is 7.72. The van der Waals surface area contributed by atoms with Crippen LogP contribution in [0.25, 0.3) is 0 Å². The smallest absolute Gasteiger partial charge is 0.0961 e. The summed E-state index contributed by atoms with van der Waals surface area (Å²) in [5, 5.41) is 9.33. The van der Waals surface area contributed by atoms with E-state index in [1.165, 1.54) is 0 Å².